The molecule has 0 spiro atoms. The molecule has 5 nitrogen and oxygen atoms in total. The number of halogens is 1. The number of benzene rings is 1. The summed E-state index contributed by atoms with van der Waals surface area (Å²) in [4.78, 5) is 30.0. The SMILES string of the molecule is CC(C)Cc1ccc2c(NC(=O)c3ccc(Cl)cc3)c(C(N)=O)sc2n1. The lowest BCUT2D eigenvalue weighted by Gasteiger charge is -2.07. The summed E-state index contributed by atoms with van der Waals surface area (Å²) in [6.45, 7) is 4.24. The van der Waals surface area contributed by atoms with E-state index in [4.69, 9.17) is 17.3 Å². The normalized spacial score (nSPS) is 11.1. The summed E-state index contributed by atoms with van der Waals surface area (Å²) >= 11 is 7.05. The molecule has 0 aliphatic heterocycles. The second kappa shape index (κ2) is 7.43. The Morgan fingerprint density at radius 3 is 2.50 bits per heavy atom. The molecule has 0 bridgehead atoms. The zero-order valence-electron chi connectivity index (χ0n) is 14.4. The van der Waals surface area contributed by atoms with Crippen molar-refractivity contribution in [2.75, 3.05) is 5.32 Å². The Bertz CT molecular complexity index is 980. The number of carbonyl (C=O) groups excluding carboxylic acids is 2. The maximum Gasteiger partial charge on any atom is 0.261 e. The highest BCUT2D eigenvalue weighted by atomic mass is 35.5. The second-order valence-corrected chi connectivity index (χ2v) is 7.82. The largest absolute Gasteiger partial charge is 0.365 e. The fraction of sp³-hybridized carbons (Fsp3) is 0.211. The van der Waals surface area contributed by atoms with Gasteiger partial charge in [0.15, 0.2) is 0 Å². The average molecular weight is 388 g/mol. The molecule has 0 saturated heterocycles. The topological polar surface area (TPSA) is 85.1 Å². The second-order valence-electron chi connectivity index (χ2n) is 6.38. The van der Waals surface area contributed by atoms with E-state index in [0.717, 1.165) is 12.1 Å². The number of nitrogens with one attached hydrogen (secondary N) is 1. The summed E-state index contributed by atoms with van der Waals surface area (Å²) in [7, 11) is 0. The first kappa shape index (κ1) is 18.4. The van der Waals surface area contributed by atoms with Crippen LogP contribution in [0.2, 0.25) is 5.02 Å². The first-order valence-corrected chi connectivity index (χ1v) is 9.33. The Morgan fingerprint density at radius 2 is 1.88 bits per heavy atom. The van der Waals surface area contributed by atoms with Crippen molar-refractivity contribution in [1.82, 2.24) is 4.98 Å². The number of carbonyl (C=O) groups is 2. The van der Waals surface area contributed by atoms with Gasteiger partial charge >= 0.3 is 0 Å². The van der Waals surface area contributed by atoms with Gasteiger partial charge in [-0.3, -0.25) is 9.59 Å². The Morgan fingerprint density at radius 1 is 1.19 bits per heavy atom. The van der Waals surface area contributed by atoms with Crippen LogP contribution in [0, 0.1) is 5.92 Å². The summed E-state index contributed by atoms with van der Waals surface area (Å²) in [5.41, 5.74) is 7.29. The first-order chi connectivity index (χ1) is 12.3. The molecule has 0 aliphatic rings. The van der Waals surface area contributed by atoms with Crippen LogP contribution in [0.3, 0.4) is 0 Å². The number of amides is 2. The molecular weight excluding hydrogens is 370 g/mol. The first-order valence-electron chi connectivity index (χ1n) is 8.14. The van der Waals surface area contributed by atoms with Gasteiger partial charge in [0, 0.05) is 21.7 Å². The maximum absolute atomic E-state index is 12.5. The van der Waals surface area contributed by atoms with E-state index in [2.05, 4.69) is 24.1 Å². The third kappa shape index (κ3) is 3.86. The molecule has 0 aliphatic carbocycles. The number of hydrogen-bond acceptors (Lipinski definition) is 4. The van der Waals surface area contributed by atoms with E-state index in [-0.39, 0.29) is 10.8 Å². The number of thiophene rings is 1. The van der Waals surface area contributed by atoms with E-state index in [1.165, 1.54) is 11.3 Å². The summed E-state index contributed by atoms with van der Waals surface area (Å²) in [5.74, 6) is -0.459. The highest BCUT2D eigenvalue weighted by Gasteiger charge is 2.20. The molecule has 26 heavy (non-hydrogen) atoms. The highest BCUT2D eigenvalue weighted by Crippen LogP contribution is 2.35. The third-order valence-corrected chi connectivity index (χ3v) is 5.17. The van der Waals surface area contributed by atoms with Gasteiger partial charge in [-0.15, -0.1) is 11.3 Å². The Hall–Kier alpha value is -2.44. The van der Waals surface area contributed by atoms with Gasteiger partial charge in [-0.25, -0.2) is 4.98 Å². The van der Waals surface area contributed by atoms with Crippen LogP contribution in [0.4, 0.5) is 5.69 Å². The van der Waals surface area contributed by atoms with E-state index in [1.54, 1.807) is 24.3 Å². The van der Waals surface area contributed by atoms with Gasteiger partial charge in [0.1, 0.15) is 9.71 Å². The molecule has 134 valence electrons. The lowest BCUT2D eigenvalue weighted by atomic mass is 10.1. The van der Waals surface area contributed by atoms with Crippen LogP contribution >= 0.6 is 22.9 Å². The molecule has 0 atom stereocenters. The van der Waals surface area contributed by atoms with Crippen molar-refractivity contribution in [1.29, 1.82) is 0 Å². The van der Waals surface area contributed by atoms with E-state index >= 15 is 0 Å². The van der Waals surface area contributed by atoms with E-state index in [1.807, 2.05) is 12.1 Å². The molecule has 3 rings (SSSR count). The minimum absolute atomic E-state index is 0.288. The van der Waals surface area contributed by atoms with Gasteiger partial charge in [0.25, 0.3) is 11.8 Å². The average Bonchev–Trinajstić information content (AvgIpc) is 2.93. The molecule has 3 aromatic rings. The Labute approximate surface area is 160 Å². The van der Waals surface area contributed by atoms with Crippen LogP contribution in [0.1, 0.15) is 39.6 Å². The van der Waals surface area contributed by atoms with Crippen LogP contribution in [-0.4, -0.2) is 16.8 Å². The molecule has 0 radical (unpaired) electrons. The van der Waals surface area contributed by atoms with E-state index in [9.17, 15) is 9.59 Å². The number of aromatic nitrogens is 1. The molecule has 0 unspecified atom stereocenters. The minimum atomic E-state index is -0.593. The zero-order chi connectivity index (χ0) is 18.8. The number of primary amides is 1. The highest BCUT2D eigenvalue weighted by molar-refractivity contribution is 7.21. The standard InChI is InChI=1S/C19H18ClN3O2S/c1-10(2)9-13-7-8-14-15(16(17(21)24)26-19(14)22-13)23-18(25)11-3-5-12(20)6-4-11/h3-8,10H,9H2,1-2H3,(H2,21,24)(H,23,25). The van der Waals surface area contributed by atoms with Crippen molar-refractivity contribution in [3.05, 3.63) is 57.6 Å². The maximum atomic E-state index is 12.5. The van der Waals surface area contributed by atoms with E-state index in [0.29, 0.717) is 32.4 Å². The summed E-state index contributed by atoms with van der Waals surface area (Å²) in [5, 5.41) is 4.05. The summed E-state index contributed by atoms with van der Waals surface area (Å²) < 4.78 is 0. The number of pyridine rings is 1. The number of hydrogen-bond donors (Lipinski definition) is 2. The third-order valence-electron chi connectivity index (χ3n) is 3.80. The Kier molecular flexibility index (Phi) is 5.25. The quantitative estimate of drug-likeness (QED) is 0.675. The molecule has 2 aromatic heterocycles. The van der Waals surface area contributed by atoms with Gasteiger partial charge in [-0.05, 0) is 48.7 Å². The molecule has 0 fully saturated rings. The van der Waals surface area contributed by atoms with Crippen LogP contribution in [0.25, 0.3) is 10.2 Å². The predicted octanol–water partition coefficient (Wildman–Crippen LogP) is 4.50. The smallest absolute Gasteiger partial charge is 0.261 e. The van der Waals surface area contributed by atoms with Crippen molar-refractivity contribution >= 4 is 50.7 Å². The van der Waals surface area contributed by atoms with Crippen molar-refractivity contribution in [3.63, 3.8) is 0 Å². The molecule has 2 amide bonds. The molecular formula is C19H18ClN3O2S. The van der Waals surface area contributed by atoms with Crippen molar-refractivity contribution in [2.45, 2.75) is 20.3 Å². The van der Waals surface area contributed by atoms with Gasteiger partial charge < -0.3 is 11.1 Å². The van der Waals surface area contributed by atoms with Crippen molar-refractivity contribution < 1.29 is 9.59 Å². The predicted molar refractivity (Wildman–Crippen MR) is 106 cm³/mol. The summed E-state index contributed by atoms with van der Waals surface area (Å²) in [6.07, 6.45) is 0.839. The lowest BCUT2D eigenvalue weighted by molar-refractivity contribution is 0.100. The number of rotatable bonds is 5. The Balaban J connectivity index is 2.00. The van der Waals surface area contributed by atoms with Gasteiger partial charge in [0.05, 0.1) is 5.69 Å². The molecule has 7 heteroatoms. The number of nitrogens with two attached hydrogens (primary N) is 1. The fourth-order valence-electron chi connectivity index (χ4n) is 2.63. The molecule has 2 heterocycles. The van der Waals surface area contributed by atoms with Gasteiger partial charge in [0.2, 0.25) is 0 Å². The van der Waals surface area contributed by atoms with Crippen molar-refractivity contribution in [2.24, 2.45) is 11.7 Å². The van der Waals surface area contributed by atoms with Crippen LogP contribution < -0.4 is 11.1 Å². The number of nitrogens with zero attached hydrogens (tertiary/aromatic N) is 1. The van der Waals surface area contributed by atoms with Gasteiger partial charge in [-0.2, -0.15) is 0 Å². The van der Waals surface area contributed by atoms with Crippen LogP contribution in [0.15, 0.2) is 36.4 Å². The minimum Gasteiger partial charge on any atom is -0.365 e. The van der Waals surface area contributed by atoms with Crippen molar-refractivity contribution in [3.8, 4) is 0 Å². The van der Waals surface area contributed by atoms with Crippen LogP contribution in [0.5, 0.6) is 0 Å². The molecule has 3 N–H and O–H groups in total. The lowest BCUT2D eigenvalue weighted by Crippen LogP contribution is -2.16. The zero-order valence-corrected chi connectivity index (χ0v) is 15.9. The van der Waals surface area contributed by atoms with Gasteiger partial charge in [-0.1, -0.05) is 25.4 Å². The fourth-order valence-corrected chi connectivity index (χ4v) is 3.76. The summed E-state index contributed by atoms with van der Waals surface area (Å²) in [6, 6.07) is 10.3. The molecule has 1 aromatic carbocycles. The molecule has 0 saturated carbocycles. The number of fused-ring (bicyclic) bond motifs is 1. The van der Waals surface area contributed by atoms with Crippen LogP contribution in [-0.2, 0) is 6.42 Å². The monoisotopic (exact) mass is 387 g/mol. The number of anilines is 1. The van der Waals surface area contributed by atoms with E-state index < -0.39 is 5.91 Å².